The molecular weight excluding hydrogens is 226 g/mol. The Labute approximate surface area is 95.1 Å². The summed E-state index contributed by atoms with van der Waals surface area (Å²) in [5, 5.41) is 9.19. The number of carboxylic acids is 1. The van der Waals surface area contributed by atoms with Crippen LogP contribution in [-0.2, 0) is 4.79 Å². The van der Waals surface area contributed by atoms with Crippen LogP contribution in [0.2, 0.25) is 0 Å². The summed E-state index contributed by atoms with van der Waals surface area (Å²) in [6.07, 6.45) is 8.97. The lowest BCUT2D eigenvalue weighted by Gasteiger charge is -1.90. The number of nitrogens with zero attached hydrogens (tertiary/aromatic N) is 3. The molecule has 1 N–H and O–H groups in total. The molecular formula is C10H7N3O2S. The number of aliphatic carboxylic acids is 1. The van der Waals surface area contributed by atoms with E-state index in [0.717, 1.165) is 16.0 Å². The molecule has 80 valence electrons. The molecule has 0 aliphatic rings. The van der Waals surface area contributed by atoms with E-state index in [-0.39, 0.29) is 0 Å². The third-order valence-electron chi connectivity index (χ3n) is 1.70. The summed E-state index contributed by atoms with van der Waals surface area (Å²) in [4.78, 5) is 23.3. The van der Waals surface area contributed by atoms with Crippen LogP contribution in [0.4, 0.5) is 0 Å². The summed E-state index contributed by atoms with van der Waals surface area (Å²) in [5.74, 6) is -0.977. The average molecular weight is 233 g/mol. The van der Waals surface area contributed by atoms with Crippen molar-refractivity contribution in [2.75, 3.05) is 0 Å². The van der Waals surface area contributed by atoms with Crippen molar-refractivity contribution in [3.8, 4) is 10.7 Å². The fraction of sp³-hybridized carbons (Fsp3) is 0. The standard InChI is InChI=1S/C10H7N3O2S/c14-9(15)2-1-7-5-13-10(16-7)8-6-11-3-4-12-8/h1-6H,(H,14,15)/b2-1+. The summed E-state index contributed by atoms with van der Waals surface area (Å²) in [6, 6.07) is 0. The summed E-state index contributed by atoms with van der Waals surface area (Å²) < 4.78 is 0. The van der Waals surface area contributed by atoms with Crippen LogP contribution in [0.15, 0.2) is 30.9 Å². The Balaban J connectivity index is 2.23. The van der Waals surface area contributed by atoms with E-state index in [2.05, 4.69) is 15.0 Å². The van der Waals surface area contributed by atoms with E-state index in [0.29, 0.717) is 5.69 Å². The molecule has 2 aromatic rings. The van der Waals surface area contributed by atoms with Crippen LogP contribution in [0.1, 0.15) is 4.88 Å². The van der Waals surface area contributed by atoms with Crippen LogP contribution in [0.3, 0.4) is 0 Å². The normalized spacial score (nSPS) is 10.8. The van der Waals surface area contributed by atoms with E-state index in [1.807, 2.05) is 0 Å². The van der Waals surface area contributed by atoms with Crippen LogP contribution in [0, 0.1) is 0 Å². The monoisotopic (exact) mass is 233 g/mol. The molecule has 2 heterocycles. The molecule has 0 saturated carbocycles. The van der Waals surface area contributed by atoms with E-state index < -0.39 is 5.97 Å². The topological polar surface area (TPSA) is 76.0 Å². The first-order valence-corrected chi connectivity index (χ1v) is 5.20. The number of carbonyl (C=O) groups is 1. The Morgan fingerprint density at radius 3 is 2.88 bits per heavy atom. The predicted molar refractivity (Wildman–Crippen MR) is 59.8 cm³/mol. The summed E-state index contributed by atoms with van der Waals surface area (Å²) in [7, 11) is 0. The van der Waals surface area contributed by atoms with Crippen molar-refractivity contribution in [3.05, 3.63) is 35.7 Å². The molecule has 0 amide bonds. The first kappa shape index (κ1) is 10.4. The van der Waals surface area contributed by atoms with Gasteiger partial charge in [-0.25, -0.2) is 9.78 Å². The lowest BCUT2D eigenvalue weighted by atomic mass is 10.4. The second-order valence-electron chi connectivity index (χ2n) is 2.83. The van der Waals surface area contributed by atoms with Crippen LogP contribution >= 0.6 is 11.3 Å². The Bertz CT molecular complexity index is 522. The number of thiazole rings is 1. The molecule has 0 aromatic carbocycles. The van der Waals surface area contributed by atoms with Gasteiger partial charge in [0.25, 0.3) is 0 Å². The van der Waals surface area contributed by atoms with Gasteiger partial charge in [0.2, 0.25) is 0 Å². The number of aromatic nitrogens is 3. The molecule has 0 aliphatic heterocycles. The van der Waals surface area contributed by atoms with Gasteiger partial charge in [-0.2, -0.15) is 0 Å². The molecule has 0 radical (unpaired) electrons. The van der Waals surface area contributed by atoms with Crippen molar-refractivity contribution in [1.82, 2.24) is 15.0 Å². The molecule has 5 nitrogen and oxygen atoms in total. The van der Waals surface area contributed by atoms with E-state index >= 15 is 0 Å². The molecule has 0 aliphatic carbocycles. The SMILES string of the molecule is O=C(O)/C=C/c1cnc(-c2cnccn2)s1. The Morgan fingerprint density at radius 2 is 2.19 bits per heavy atom. The summed E-state index contributed by atoms with van der Waals surface area (Å²) >= 11 is 1.36. The molecule has 0 unspecified atom stereocenters. The van der Waals surface area contributed by atoms with Crippen LogP contribution in [0.5, 0.6) is 0 Å². The third kappa shape index (κ3) is 2.48. The van der Waals surface area contributed by atoms with Crippen LogP contribution < -0.4 is 0 Å². The van der Waals surface area contributed by atoms with Gasteiger partial charge in [0, 0.05) is 29.5 Å². The first-order valence-electron chi connectivity index (χ1n) is 4.39. The molecule has 2 aromatic heterocycles. The molecule has 0 atom stereocenters. The van der Waals surface area contributed by atoms with Gasteiger partial charge in [-0.3, -0.25) is 9.97 Å². The second kappa shape index (κ2) is 4.63. The minimum absolute atomic E-state index is 0.683. The zero-order chi connectivity index (χ0) is 11.4. The van der Waals surface area contributed by atoms with Gasteiger partial charge in [0.15, 0.2) is 0 Å². The largest absolute Gasteiger partial charge is 0.478 e. The van der Waals surface area contributed by atoms with Gasteiger partial charge in [-0.1, -0.05) is 0 Å². The van der Waals surface area contributed by atoms with E-state index in [1.54, 1.807) is 24.8 Å². The van der Waals surface area contributed by atoms with Crippen molar-refractivity contribution in [1.29, 1.82) is 0 Å². The smallest absolute Gasteiger partial charge is 0.328 e. The molecule has 0 spiro atoms. The highest BCUT2D eigenvalue weighted by Crippen LogP contribution is 2.23. The van der Waals surface area contributed by atoms with Crippen molar-refractivity contribution >= 4 is 23.4 Å². The second-order valence-corrected chi connectivity index (χ2v) is 3.89. The maximum Gasteiger partial charge on any atom is 0.328 e. The minimum Gasteiger partial charge on any atom is -0.478 e. The third-order valence-corrected chi connectivity index (χ3v) is 2.68. The lowest BCUT2D eigenvalue weighted by molar-refractivity contribution is -0.131. The fourth-order valence-electron chi connectivity index (χ4n) is 1.05. The van der Waals surface area contributed by atoms with E-state index in [9.17, 15) is 4.79 Å². The summed E-state index contributed by atoms with van der Waals surface area (Å²) in [5.41, 5.74) is 0.683. The van der Waals surface area contributed by atoms with Gasteiger partial charge in [0.05, 0.1) is 6.20 Å². The Hall–Kier alpha value is -2.08. The van der Waals surface area contributed by atoms with Gasteiger partial charge in [-0.05, 0) is 6.08 Å². The van der Waals surface area contributed by atoms with Gasteiger partial charge in [-0.15, -0.1) is 11.3 Å². The van der Waals surface area contributed by atoms with E-state index in [1.165, 1.54) is 17.4 Å². The van der Waals surface area contributed by atoms with Crippen molar-refractivity contribution in [2.24, 2.45) is 0 Å². The highest BCUT2D eigenvalue weighted by Gasteiger charge is 2.03. The number of carboxylic acid groups (broad SMARTS) is 1. The van der Waals surface area contributed by atoms with Gasteiger partial charge in [0.1, 0.15) is 10.7 Å². The molecule has 16 heavy (non-hydrogen) atoms. The quantitative estimate of drug-likeness (QED) is 0.816. The minimum atomic E-state index is -0.977. The Kier molecular flexibility index (Phi) is 3.02. The molecule has 2 rings (SSSR count). The first-order chi connectivity index (χ1) is 7.75. The highest BCUT2D eigenvalue weighted by molar-refractivity contribution is 7.15. The molecule has 6 heteroatoms. The highest BCUT2D eigenvalue weighted by atomic mass is 32.1. The van der Waals surface area contributed by atoms with Crippen molar-refractivity contribution < 1.29 is 9.90 Å². The summed E-state index contributed by atoms with van der Waals surface area (Å²) in [6.45, 7) is 0. The number of hydrogen-bond donors (Lipinski definition) is 1. The average Bonchev–Trinajstić information content (AvgIpc) is 2.76. The zero-order valence-corrected chi connectivity index (χ0v) is 8.89. The van der Waals surface area contributed by atoms with Gasteiger partial charge < -0.3 is 5.11 Å². The fourth-order valence-corrected chi connectivity index (χ4v) is 1.83. The maximum atomic E-state index is 10.3. The molecule has 0 bridgehead atoms. The van der Waals surface area contributed by atoms with Crippen molar-refractivity contribution in [2.45, 2.75) is 0 Å². The van der Waals surface area contributed by atoms with Crippen LogP contribution in [-0.4, -0.2) is 26.0 Å². The van der Waals surface area contributed by atoms with Gasteiger partial charge >= 0.3 is 5.97 Å². The van der Waals surface area contributed by atoms with Crippen LogP contribution in [0.25, 0.3) is 16.8 Å². The molecule has 0 saturated heterocycles. The lowest BCUT2D eigenvalue weighted by Crippen LogP contribution is -1.84. The van der Waals surface area contributed by atoms with Crippen molar-refractivity contribution in [3.63, 3.8) is 0 Å². The Morgan fingerprint density at radius 1 is 1.31 bits per heavy atom. The predicted octanol–water partition coefficient (Wildman–Crippen LogP) is 1.70. The zero-order valence-electron chi connectivity index (χ0n) is 8.07. The maximum absolute atomic E-state index is 10.3. The number of rotatable bonds is 3. The molecule has 0 fully saturated rings. The number of hydrogen-bond acceptors (Lipinski definition) is 5. The van der Waals surface area contributed by atoms with E-state index in [4.69, 9.17) is 5.11 Å².